The van der Waals surface area contributed by atoms with Crippen molar-refractivity contribution in [1.29, 1.82) is 0 Å². The molecule has 5 nitrogen and oxygen atoms in total. The highest BCUT2D eigenvalue weighted by molar-refractivity contribution is 6.41. The summed E-state index contributed by atoms with van der Waals surface area (Å²) in [5.41, 5.74) is 2.48. The average molecular weight is 349 g/mol. The number of rotatable bonds is 5. The molecular formula is C16H14Cl2N4O. The molecule has 3 aromatic rings. The Hall–Kier alpha value is -2.24. The van der Waals surface area contributed by atoms with Crippen molar-refractivity contribution < 1.29 is 4.79 Å². The van der Waals surface area contributed by atoms with Crippen LogP contribution >= 0.6 is 23.2 Å². The van der Waals surface area contributed by atoms with Crippen LogP contribution in [0.3, 0.4) is 0 Å². The van der Waals surface area contributed by atoms with Gasteiger partial charge in [0.2, 0.25) is 0 Å². The Balaban J connectivity index is 1.53. The van der Waals surface area contributed by atoms with E-state index in [0.717, 1.165) is 17.7 Å². The van der Waals surface area contributed by atoms with E-state index in [1.165, 1.54) is 6.07 Å². The SMILES string of the molecule is O=C(NCCc1ccc(-n2cccn2)cc1)c1cc(Cl)c(Cl)[nH]1. The zero-order chi connectivity index (χ0) is 16.2. The lowest BCUT2D eigenvalue weighted by Gasteiger charge is -2.06. The maximum Gasteiger partial charge on any atom is 0.267 e. The molecule has 23 heavy (non-hydrogen) atoms. The van der Waals surface area contributed by atoms with Gasteiger partial charge in [-0.1, -0.05) is 35.3 Å². The van der Waals surface area contributed by atoms with Gasteiger partial charge in [-0.2, -0.15) is 5.10 Å². The van der Waals surface area contributed by atoms with Gasteiger partial charge in [-0.25, -0.2) is 4.68 Å². The summed E-state index contributed by atoms with van der Waals surface area (Å²) in [6.07, 6.45) is 4.36. The van der Waals surface area contributed by atoms with Gasteiger partial charge in [-0.05, 0) is 36.2 Å². The molecule has 118 valence electrons. The fraction of sp³-hybridized carbons (Fsp3) is 0.125. The van der Waals surface area contributed by atoms with E-state index in [4.69, 9.17) is 23.2 Å². The van der Waals surface area contributed by atoms with Crippen LogP contribution in [0.2, 0.25) is 10.2 Å². The third-order valence-electron chi connectivity index (χ3n) is 3.37. The average Bonchev–Trinajstić information content (AvgIpc) is 3.19. The highest BCUT2D eigenvalue weighted by Crippen LogP contribution is 2.21. The molecule has 0 bridgehead atoms. The van der Waals surface area contributed by atoms with E-state index in [1.807, 2.05) is 36.5 Å². The number of benzene rings is 1. The van der Waals surface area contributed by atoms with Gasteiger partial charge in [-0.3, -0.25) is 4.79 Å². The molecule has 0 aliphatic heterocycles. The van der Waals surface area contributed by atoms with Crippen molar-refractivity contribution in [1.82, 2.24) is 20.1 Å². The van der Waals surface area contributed by atoms with Crippen molar-refractivity contribution >= 4 is 29.1 Å². The van der Waals surface area contributed by atoms with Crippen molar-refractivity contribution in [3.63, 3.8) is 0 Å². The first-order valence-corrected chi connectivity index (χ1v) is 7.80. The number of nitrogens with one attached hydrogen (secondary N) is 2. The molecule has 0 aliphatic rings. The summed E-state index contributed by atoms with van der Waals surface area (Å²) in [5, 5.41) is 7.61. The molecule has 0 atom stereocenters. The fourth-order valence-corrected chi connectivity index (χ4v) is 2.49. The van der Waals surface area contributed by atoms with E-state index in [2.05, 4.69) is 15.4 Å². The minimum atomic E-state index is -0.230. The van der Waals surface area contributed by atoms with Crippen LogP contribution in [-0.2, 0) is 6.42 Å². The van der Waals surface area contributed by atoms with E-state index in [-0.39, 0.29) is 11.1 Å². The van der Waals surface area contributed by atoms with Crippen LogP contribution < -0.4 is 5.32 Å². The molecule has 2 heterocycles. The molecule has 0 radical (unpaired) electrons. The van der Waals surface area contributed by atoms with Gasteiger partial charge in [0.05, 0.1) is 10.7 Å². The van der Waals surface area contributed by atoms with E-state index in [9.17, 15) is 4.79 Å². The minimum Gasteiger partial charge on any atom is -0.350 e. The van der Waals surface area contributed by atoms with Crippen LogP contribution in [0.4, 0.5) is 0 Å². The molecule has 1 amide bonds. The number of nitrogens with zero attached hydrogens (tertiary/aromatic N) is 2. The second-order valence-corrected chi connectivity index (χ2v) is 5.75. The molecule has 7 heteroatoms. The topological polar surface area (TPSA) is 62.7 Å². The second kappa shape index (κ2) is 6.89. The Morgan fingerprint density at radius 1 is 1.26 bits per heavy atom. The minimum absolute atomic E-state index is 0.230. The van der Waals surface area contributed by atoms with Gasteiger partial charge in [0.15, 0.2) is 0 Å². The maximum atomic E-state index is 11.9. The zero-order valence-corrected chi connectivity index (χ0v) is 13.6. The van der Waals surface area contributed by atoms with E-state index >= 15 is 0 Å². The van der Waals surface area contributed by atoms with E-state index in [0.29, 0.717) is 17.3 Å². The van der Waals surface area contributed by atoms with Gasteiger partial charge < -0.3 is 10.3 Å². The van der Waals surface area contributed by atoms with E-state index < -0.39 is 0 Å². The Morgan fingerprint density at radius 3 is 2.65 bits per heavy atom. The zero-order valence-electron chi connectivity index (χ0n) is 12.1. The van der Waals surface area contributed by atoms with Crippen molar-refractivity contribution in [2.75, 3.05) is 6.54 Å². The summed E-state index contributed by atoms with van der Waals surface area (Å²) in [7, 11) is 0. The van der Waals surface area contributed by atoms with Crippen LogP contribution in [0, 0.1) is 0 Å². The van der Waals surface area contributed by atoms with Crippen LogP contribution in [-0.4, -0.2) is 27.2 Å². The fourth-order valence-electron chi connectivity index (χ4n) is 2.18. The molecule has 2 N–H and O–H groups in total. The number of amides is 1. The van der Waals surface area contributed by atoms with Gasteiger partial charge in [0.25, 0.3) is 5.91 Å². The first-order chi connectivity index (χ1) is 11.1. The quantitative estimate of drug-likeness (QED) is 0.741. The number of carbonyl (C=O) groups is 1. The lowest BCUT2D eigenvalue weighted by Crippen LogP contribution is -2.25. The molecule has 0 spiro atoms. The van der Waals surface area contributed by atoms with Crippen LogP contribution in [0.15, 0.2) is 48.8 Å². The summed E-state index contributed by atoms with van der Waals surface area (Å²) < 4.78 is 1.80. The summed E-state index contributed by atoms with van der Waals surface area (Å²) in [6, 6.07) is 11.4. The van der Waals surface area contributed by atoms with Crippen molar-refractivity contribution in [2.24, 2.45) is 0 Å². The summed E-state index contributed by atoms with van der Waals surface area (Å²) in [6.45, 7) is 0.522. The van der Waals surface area contributed by atoms with Crippen molar-refractivity contribution in [2.45, 2.75) is 6.42 Å². The monoisotopic (exact) mass is 348 g/mol. The van der Waals surface area contributed by atoms with Gasteiger partial charge in [-0.15, -0.1) is 0 Å². The lowest BCUT2D eigenvalue weighted by molar-refractivity contribution is 0.0950. The predicted octanol–water partition coefficient (Wildman–Crippen LogP) is 3.48. The maximum absolute atomic E-state index is 11.9. The van der Waals surface area contributed by atoms with Crippen molar-refractivity contribution in [3.05, 3.63) is 70.2 Å². The molecule has 0 saturated heterocycles. The van der Waals surface area contributed by atoms with Gasteiger partial charge >= 0.3 is 0 Å². The first kappa shape index (κ1) is 15.6. The second-order valence-electron chi connectivity index (χ2n) is 4.97. The number of carbonyl (C=O) groups excluding carboxylic acids is 1. The number of hydrogen-bond acceptors (Lipinski definition) is 2. The third kappa shape index (κ3) is 3.75. The number of aromatic amines is 1. The molecular weight excluding hydrogens is 335 g/mol. The normalized spacial score (nSPS) is 10.7. The summed E-state index contributed by atoms with van der Waals surface area (Å²) in [4.78, 5) is 14.7. The molecule has 1 aromatic carbocycles. The number of hydrogen-bond donors (Lipinski definition) is 2. The highest BCUT2D eigenvalue weighted by atomic mass is 35.5. The molecule has 0 saturated carbocycles. The van der Waals surface area contributed by atoms with E-state index in [1.54, 1.807) is 10.9 Å². The van der Waals surface area contributed by atoms with Crippen molar-refractivity contribution in [3.8, 4) is 5.69 Å². The third-order valence-corrected chi connectivity index (χ3v) is 4.07. The molecule has 3 rings (SSSR count). The number of H-pyrrole nitrogens is 1. The predicted molar refractivity (Wildman–Crippen MR) is 90.4 cm³/mol. The Bertz CT molecular complexity index is 775. The summed E-state index contributed by atoms with van der Waals surface area (Å²) >= 11 is 11.6. The Kier molecular flexibility index (Phi) is 4.69. The smallest absolute Gasteiger partial charge is 0.267 e. The standard InChI is InChI=1S/C16H14Cl2N4O/c17-13-10-14(21-15(13)18)16(23)19-8-6-11-2-4-12(5-3-11)22-9-1-7-20-22/h1-5,7,9-10,21H,6,8H2,(H,19,23). The molecule has 0 fully saturated rings. The van der Waals surface area contributed by atoms with Gasteiger partial charge in [0, 0.05) is 18.9 Å². The molecule has 0 aliphatic carbocycles. The van der Waals surface area contributed by atoms with Gasteiger partial charge in [0.1, 0.15) is 10.8 Å². The lowest BCUT2D eigenvalue weighted by atomic mass is 10.1. The Morgan fingerprint density at radius 2 is 2.04 bits per heavy atom. The Labute approximate surface area is 143 Å². The number of aromatic nitrogens is 3. The van der Waals surface area contributed by atoms with Crippen LogP contribution in [0.5, 0.6) is 0 Å². The van der Waals surface area contributed by atoms with Crippen LogP contribution in [0.25, 0.3) is 5.69 Å². The largest absolute Gasteiger partial charge is 0.350 e. The molecule has 2 aromatic heterocycles. The van der Waals surface area contributed by atoms with Crippen LogP contribution in [0.1, 0.15) is 16.1 Å². The number of halogens is 2. The molecule has 0 unspecified atom stereocenters. The summed E-state index contributed by atoms with van der Waals surface area (Å²) in [5.74, 6) is -0.230. The first-order valence-electron chi connectivity index (χ1n) is 7.04. The highest BCUT2D eigenvalue weighted by Gasteiger charge is 2.10.